The van der Waals surface area contributed by atoms with Gasteiger partial charge in [-0.2, -0.15) is 0 Å². The van der Waals surface area contributed by atoms with Crippen LogP contribution in [0.15, 0.2) is 24.3 Å². The number of benzene rings is 1. The minimum absolute atomic E-state index is 0.0847. The molecule has 1 heterocycles. The van der Waals surface area contributed by atoms with Gasteiger partial charge >= 0.3 is 11.9 Å². The van der Waals surface area contributed by atoms with Crippen molar-refractivity contribution in [1.29, 1.82) is 0 Å². The maximum atomic E-state index is 13.7. The van der Waals surface area contributed by atoms with E-state index in [1.54, 1.807) is 0 Å². The molecule has 0 radical (unpaired) electrons. The molecule has 0 bridgehead atoms. The van der Waals surface area contributed by atoms with Crippen LogP contribution >= 0.6 is 0 Å². The third-order valence-corrected chi connectivity index (χ3v) is 6.13. The second kappa shape index (κ2) is 8.57. The first kappa shape index (κ1) is 24.3. The Bertz CT molecular complexity index is 975. The van der Waals surface area contributed by atoms with E-state index in [-0.39, 0.29) is 5.92 Å². The van der Waals surface area contributed by atoms with Gasteiger partial charge in [0.05, 0.1) is 0 Å². The van der Waals surface area contributed by atoms with E-state index in [1.807, 2.05) is 47.6 Å². The van der Waals surface area contributed by atoms with Gasteiger partial charge in [0.15, 0.2) is 5.41 Å². The van der Waals surface area contributed by atoms with E-state index < -0.39 is 28.6 Å². The summed E-state index contributed by atoms with van der Waals surface area (Å²) >= 11 is 0. The number of carbonyl (C=O) groups is 2. The number of hydrogen-bond acceptors (Lipinski definition) is 4. The van der Waals surface area contributed by atoms with Crippen LogP contribution in [0.1, 0.15) is 91.8 Å². The van der Waals surface area contributed by atoms with Crippen molar-refractivity contribution in [3.8, 4) is 0 Å². The lowest BCUT2D eigenvalue weighted by Gasteiger charge is -2.40. The van der Waals surface area contributed by atoms with E-state index in [0.29, 0.717) is 12.8 Å². The van der Waals surface area contributed by atoms with Crippen LogP contribution in [0.2, 0.25) is 0 Å². The molecule has 0 fully saturated rings. The average Bonchev–Trinajstić information content (AvgIpc) is 2.98. The van der Waals surface area contributed by atoms with Crippen LogP contribution < -0.4 is 0 Å². The Hall–Kier alpha value is -2.30. The molecule has 0 N–H and O–H groups in total. The van der Waals surface area contributed by atoms with E-state index in [9.17, 15) is 9.59 Å². The molecule has 2 aromatic rings. The maximum absolute atomic E-state index is 13.7. The SMILES string of the molecule is CCC[C@@H]1CC(C(=O)OC(C)(C)C)(C(=O)OC(C)(C)C)Cc2c1c1ccccc1n2CC. The summed E-state index contributed by atoms with van der Waals surface area (Å²) in [6.07, 6.45) is 2.58. The number of esters is 2. The number of aromatic nitrogens is 1. The predicted molar refractivity (Wildman–Crippen MR) is 128 cm³/mol. The van der Waals surface area contributed by atoms with Crippen LogP contribution in [0, 0.1) is 5.41 Å². The van der Waals surface area contributed by atoms with Crippen molar-refractivity contribution in [1.82, 2.24) is 4.57 Å². The molecule has 1 aliphatic carbocycles. The van der Waals surface area contributed by atoms with Crippen molar-refractivity contribution in [3.05, 3.63) is 35.5 Å². The standard InChI is InChI=1S/C27H39NO4/c1-9-13-18-16-27(23(29)31-25(3,4)5,24(30)32-26(6,7)8)17-21-22(18)19-14-11-12-15-20(19)28(21)10-2/h11-12,14-15,18H,9-10,13,16-17H2,1-8H3/t18-/m1/s1. The number of para-hydroxylation sites is 1. The largest absolute Gasteiger partial charge is 0.459 e. The first-order chi connectivity index (χ1) is 14.8. The highest BCUT2D eigenvalue weighted by Crippen LogP contribution is 2.50. The van der Waals surface area contributed by atoms with Crippen molar-refractivity contribution >= 4 is 22.8 Å². The molecule has 176 valence electrons. The number of nitrogens with zero attached hydrogens (tertiary/aromatic N) is 1. The lowest BCUT2D eigenvalue weighted by atomic mass is 9.67. The number of ether oxygens (including phenoxy) is 2. The second-order valence-corrected chi connectivity index (χ2v) is 11.1. The Labute approximate surface area is 192 Å². The zero-order valence-corrected chi connectivity index (χ0v) is 21.0. The summed E-state index contributed by atoms with van der Waals surface area (Å²) in [7, 11) is 0. The predicted octanol–water partition coefficient (Wildman–Crippen LogP) is 6.16. The molecule has 1 atom stereocenters. The molecular weight excluding hydrogens is 402 g/mol. The van der Waals surface area contributed by atoms with Gasteiger partial charge in [-0.3, -0.25) is 9.59 Å². The average molecular weight is 442 g/mol. The Morgan fingerprint density at radius 1 is 1.00 bits per heavy atom. The molecule has 32 heavy (non-hydrogen) atoms. The summed E-state index contributed by atoms with van der Waals surface area (Å²) < 4.78 is 14.0. The Morgan fingerprint density at radius 3 is 2.06 bits per heavy atom. The Morgan fingerprint density at radius 2 is 1.56 bits per heavy atom. The first-order valence-electron chi connectivity index (χ1n) is 11.9. The van der Waals surface area contributed by atoms with Gasteiger partial charge in [-0.25, -0.2) is 0 Å². The van der Waals surface area contributed by atoms with Crippen LogP contribution in [-0.4, -0.2) is 27.7 Å². The van der Waals surface area contributed by atoms with Gasteiger partial charge in [0.1, 0.15) is 11.2 Å². The highest BCUT2D eigenvalue weighted by atomic mass is 16.6. The van der Waals surface area contributed by atoms with E-state index in [0.717, 1.165) is 30.6 Å². The van der Waals surface area contributed by atoms with Crippen LogP contribution in [0.4, 0.5) is 0 Å². The third-order valence-electron chi connectivity index (χ3n) is 6.13. The molecule has 0 unspecified atom stereocenters. The lowest BCUT2D eigenvalue weighted by Crippen LogP contribution is -2.50. The number of fused-ring (bicyclic) bond motifs is 3. The van der Waals surface area contributed by atoms with Crippen molar-refractivity contribution in [3.63, 3.8) is 0 Å². The maximum Gasteiger partial charge on any atom is 0.324 e. The molecule has 1 aliphatic rings. The van der Waals surface area contributed by atoms with Gasteiger partial charge in [-0.05, 0) is 78.9 Å². The van der Waals surface area contributed by atoms with Gasteiger partial charge in [0.25, 0.3) is 0 Å². The summed E-state index contributed by atoms with van der Waals surface area (Å²) in [5.74, 6) is -0.862. The van der Waals surface area contributed by atoms with Gasteiger partial charge < -0.3 is 14.0 Å². The van der Waals surface area contributed by atoms with Crippen LogP contribution in [0.5, 0.6) is 0 Å². The zero-order valence-electron chi connectivity index (χ0n) is 21.0. The fourth-order valence-corrected chi connectivity index (χ4v) is 5.01. The first-order valence-corrected chi connectivity index (χ1v) is 11.9. The number of rotatable bonds is 5. The smallest absolute Gasteiger partial charge is 0.324 e. The van der Waals surface area contributed by atoms with Crippen molar-refractivity contribution in [2.75, 3.05) is 0 Å². The normalized spacial score (nSPS) is 18.3. The van der Waals surface area contributed by atoms with Crippen molar-refractivity contribution < 1.29 is 19.1 Å². The van der Waals surface area contributed by atoms with Crippen molar-refractivity contribution in [2.45, 2.75) is 105 Å². The van der Waals surface area contributed by atoms with Gasteiger partial charge in [0.2, 0.25) is 0 Å². The van der Waals surface area contributed by atoms with Crippen LogP contribution in [0.3, 0.4) is 0 Å². The van der Waals surface area contributed by atoms with Crippen LogP contribution in [0.25, 0.3) is 10.9 Å². The molecule has 0 saturated heterocycles. The van der Waals surface area contributed by atoms with E-state index in [1.165, 1.54) is 10.9 Å². The zero-order chi connectivity index (χ0) is 23.9. The number of hydrogen-bond donors (Lipinski definition) is 0. The van der Waals surface area contributed by atoms with Gasteiger partial charge in [-0.15, -0.1) is 0 Å². The molecule has 5 heteroatoms. The summed E-state index contributed by atoms with van der Waals surface area (Å²) in [4.78, 5) is 27.4. The quantitative estimate of drug-likeness (QED) is 0.412. The lowest BCUT2D eigenvalue weighted by molar-refractivity contribution is -0.187. The van der Waals surface area contributed by atoms with E-state index >= 15 is 0 Å². The Kier molecular flexibility index (Phi) is 6.52. The molecule has 0 spiro atoms. The minimum atomic E-state index is -1.35. The third kappa shape index (κ3) is 4.57. The summed E-state index contributed by atoms with van der Waals surface area (Å²) in [5, 5.41) is 1.23. The van der Waals surface area contributed by atoms with Crippen molar-refractivity contribution in [2.24, 2.45) is 5.41 Å². The highest BCUT2D eigenvalue weighted by Gasteiger charge is 2.56. The topological polar surface area (TPSA) is 57.5 Å². The fraction of sp³-hybridized carbons (Fsp3) is 0.630. The molecule has 0 saturated carbocycles. The minimum Gasteiger partial charge on any atom is -0.459 e. The number of aryl methyl sites for hydroxylation is 1. The summed E-state index contributed by atoms with van der Waals surface area (Å²) in [6, 6.07) is 8.40. The monoisotopic (exact) mass is 441 g/mol. The summed E-state index contributed by atoms with van der Waals surface area (Å²) in [5.41, 5.74) is 0.774. The summed E-state index contributed by atoms with van der Waals surface area (Å²) in [6.45, 7) is 16.1. The van der Waals surface area contributed by atoms with Crippen LogP contribution in [-0.2, 0) is 32.0 Å². The van der Waals surface area contributed by atoms with Gasteiger partial charge in [-0.1, -0.05) is 31.5 Å². The van der Waals surface area contributed by atoms with Gasteiger partial charge in [0, 0.05) is 29.6 Å². The Balaban J connectivity index is 2.24. The molecular formula is C27H39NO4. The molecule has 3 rings (SSSR count). The molecule has 1 aromatic carbocycles. The molecule has 0 amide bonds. The number of carbonyl (C=O) groups excluding carboxylic acids is 2. The molecule has 1 aromatic heterocycles. The van der Waals surface area contributed by atoms with E-state index in [4.69, 9.17) is 9.47 Å². The highest BCUT2D eigenvalue weighted by molar-refractivity contribution is 6.02. The fourth-order valence-electron chi connectivity index (χ4n) is 5.01. The second-order valence-electron chi connectivity index (χ2n) is 11.1. The van der Waals surface area contributed by atoms with E-state index in [2.05, 4.69) is 36.6 Å². The molecule has 0 aliphatic heterocycles. The molecule has 5 nitrogen and oxygen atoms in total.